The number of benzene rings is 1. The minimum atomic E-state index is 0.0862. The van der Waals surface area contributed by atoms with Crippen LogP contribution in [0.5, 0.6) is 11.5 Å². The Balaban J connectivity index is 3.02. The highest BCUT2D eigenvalue weighted by atomic mass is 16.5. The van der Waals surface area contributed by atoms with E-state index in [1.165, 1.54) is 0 Å². The van der Waals surface area contributed by atoms with Gasteiger partial charge in [-0.3, -0.25) is 0 Å². The molecular formula is C14H23NO3. The lowest BCUT2D eigenvalue weighted by atomic mass is 10.0. The monoisotopic (exact) mass is 253 g/mol. The third-order valence-corrected chi connectivity index (χ3v) is 3.23. The fourth-order valence-electron chi connectivity index (χ4n) is 2.02. The predicted molar refractivity (Wildman–Crippen MR) is 73.7 cm³/mol. The van der Waals surface area contributed by atoms with Gasteiger partial charge in [-0.2, -0.15) is 0 Å². The Bertz CT molecular complexity index is 379. The van der Waals surface area contributed by atoms with Gasteiger partial charge in [-0.25, -0.2) is 0 Å². The van der Waals surface area contributed by atoms with Gasteiger partial charge in [0.2, 0.25) is 0 Å². The lowest BCUT2D eigenvalue weighted by Crippen LogP contribution is -2.38. The zero-order chi connectivity index (χ0) is 13.7. The van der Waals surface area contributed by atoms with E-state index < -0.39 is 0 Å². The molecule has 1 aromatic carbocycles. The first-order chi connectivity index (χ1) is 8.54. The molecule has 0 radical (unpaired) electrons. The van der Waals surface area contributed by atoms with Gasteiger partial charge < -0.3 is 19.5 Å². The van der Waals surface area contributed by atoms with Crippen LogP contribution in [0.15, 0.2) is 18.2 Å². The fourth-order valence-corrected chi connectivity index (χ4v) is 2.02. The summed E-state index contributed by atoms with van der Waals surface area (Å²) in [5, 5.41) is 9.46. The van der Waals surface area contributed by atoms with Gasteiger partial charge in [0, 0.05) is 18.8 Å². The van der Waals surface area contributed by atoms with E-state index in [-0.39, 0.29) is 12.6 Å². The Kier molecular flexibility index (Phi) is 5.28. The second-order valence-corrected chi connectivity index (χ2v) is 4.64. The van der Waals surface area contributed by atoms with Crippen LogP contribution < -0.4 is 14.4 Å². The number of likely N-dealkylation sites (N-methyl/N-ethyl adjacent to an activating group) is 1. The smallest absolute Gasteiger partial charge is 0.162 e. The van der Waals surface area contributed by atoms with Gasteiger partial charge in [0.15, 0.2) is 11.5 Å². The minimum absolute atomic E-state index is 0.0862. The molecule has 4 nitrogen and oxygen atoms in total. The maximum absolute atomic E-state index is 9.46. The van der Waals surface area contributed by atoms with Crippen molar-refractivity contribution < 1.29 is 14.6 Å². The largest absolute Gasteiger partial charge is 0.493 e. The summed E-state index contributed by atoms with van der Waals surface area (Å²) in [4.78, 5) is 2.06. The van der Waals surface area contributed by atoms with Crippen LogP contribution in [0.2, 0.25) is 0 Å². The van der Waals surface area contributed by atoms with E-state index in [9.17, 15) is 5.11 Å². The summed E-state index contributed by atoms with van der Waals surface area (Å²) < 4.78 is 10.5. The van der Waals surface area contributed by atoms with Crippen molar-refractivity contribution in [1.82, 2.24) is 0 Å². The molecule has 0 saturated heterocycles. The van der Waals surface area contributed by atoms with Crippen molar-refractivity contribution in [2.24, 2.45) is 5.92 Å². The average molecular weight is 253 g/mol. The molecule has 18 heavy (non-hydrogen) atoms. The van der Waals surface area contributed by atoms with Gasteiger partial charge in [0.25, 0.3) is 0 Å². The SMILES string of the molecule is COc1ccc(N(C)C(CO)C(C)C)cc1OC. The second kappa shape index (κ2) is 6.50. The predicted octanol–water partition coefficient (Wildman–Crippen LogP) is 2.16. The second-order valence-electron chi connectivity index (χ2n) is 4.64. The lowest BCUT2D eigenvalue weighted by Gasteiger charge is -2.31. The molecule has 1 aromatic rings. The van der Waals surface area contributed by atoms with E-state index in [0.29, 0.717) is 17.4 Å². The molecule has 0 aromatic heterocycles. The summed E-state index contributed by atoms with van der Waals surface area (Å²) >= 11 is 0. The van der Waals surface area contributed by atoms with Crippen LogP contribution in [0.4, 0.5) is 5.69 Å². The van der Waals surface area contributed by atoms with Crippen molar-refractivity contribution >= 4 is 5.69 Å². The van der Waals surface area contributed by atoms with Crippen molar-refractivity contribution in [2.75, 3.05) is 32.8 Å². The normalized spacial score (nSPS) is 12.4. The summed E-state index contributed by atoms with van der Waals surface area (Å²) in [6.07, 6.45) is 0. The van der Waals surface area contributed by atoms with Crippen molar-refractivity contribution in [3.8, 4) is 11.5 Å². The molecule has 0 amide bonds. The quantitative estimate of drug-likeness (QED) is 0.843. The van der Waals surface area contributed by atoms with Crippen LogP contribution in [-0.4, -0.2) is 39.0 Å². The summed E-state index contributed by atoms with van der Waals surface area (Å²) in [5.41, 5.74) is 1.00. The van der Waals surface area contributed by atoms with E-state index in [2.05, 4.69) is 18.7 Å². The molecule has 1 rings (SSSR count). The Morgan fingerprint density at radius 2 is 1.78 bits per heavy atom. The van der Waals surface area contributed by atoms with E-state index in [4.69, 9.17) is 9.47 Å². The zero-order valence-electron chi connectivity index (χ0n) is 11.8. The van der Waals surface area contributed by atoms with Crippen LogP contribution in [0.3, 0.4) is 0 Å². The number of rotatable bonds is 6. The molecule has 0 aliphatic heterocycles. The molecule has 1 N–H and O–H groups in total. The van der Waals surface area contributed by atoms with Gasteiger partial charge in [-0.15, -0.1) is 0 Å². The highest BCUT2D eigenvalue weighted by Gasteiger charge is 2.19. The Morgan fingerprint density at radius 1 is 1.17 bits per heavy atom. The first-order valence-electron chi connectivity index (χ1n) is 6.10. The van der Waals surface area contributed by atoms with Crippen molar-refractivity contribution in [1.29, 1.82) is 0 Å². The summed E-state index contributed by atoms with van der Waals surface area (Å²) in [6.45, 7) is 4.32. The topological polar surface area (TPSA) is 41.9 Å². The van der Waals surface area contributed by atoms with Crippen molar-refractivity contribution in [2.45, 2.75) is 19.9 Å². The van der Waals surface area contributed by atoms with Crippen LogP contribution in [0.1, 0.15) is 13.8 Å². The van der Waals surface area contributed by atoms with Crippen LogP contribution in [-0.2, 0) is 0 Å². The summed E-state index contributed by atoms with van der Waals surface area (Å²) in [6, 6.07) is 5.85. The molecular weight excluding hydrogens is 230 g/mol. The number of aliphatic hydroxyl groups excluding tert-OH is 1. The maximum atomic E-state index is 9.46. The minimum Gasteiger partial charge on any atom is -0.493 e. The number of ether oxygens (including phenoxy) is 2. The highest BCUT2D eigenvalue weighted by Crippen LogP contribution is 2.32. The Labute approximate surface area is 109 Å². The molecule has 4 heteroatoms. The number of anilines is 1. The average Bonchev–Trinajstić information content (AvgIpc) is 2.38. The summed E-state index contributed by atoms with van der Waals surface area (Å²) in [7, 11) is 5.21. The lowest BCUT2D eigenvalue weighted by molar-refractivity contribution is 0.234. The standard InChI is InChI=1S/C14H23NO3/c1-10(2)12(9-16)15(3)11-6-7-13(17-4)14(8-11)18-5/h6-8,10,12,16H,9H2,1-5H3. The van der Waals surface area contributed by atoms with E-state index in [1.807, 2.05) is 25.2 Å². The molecule has 1 atom stereocenters. The maximum Gasteiger partial charge on any atom is 0.162 e. The number of nitrogens with zero attached hydrogens (tertiary/aromatic N) is 1. The molecule has 1 unspecified atom stereocenters. The van der Waals surface area contributed by atoms with E-state index in [0.717, 1.165) is 5.69 Å². The number of hydrogen-bond donors (Lipinski definition) is 1. The van der Waals surface area contributed by atoms with Crippen LogP contribution >= 0.6 is 0 Å². The Morgan fingerprint density at radius 3 is 2.22 bits per heavy atom. The number of aliphatic hydroxyl groups is 1. The molecule has 0 fully saturated rings. The zero-order valence-corrected chi connectivity index (χ0v) is 11.8. The van der Waals surface area contributed by atoms with Gasteiger partial charge >= 0.3 is 0 Å². The first-order valence-corrected chi connectivity index (χ1v) is 6.10. The van der Waals surface area contributed by atoms with Crippen molar-refractivity contribution in [3.05, 3.63) is 18.2 Å². The fraction of sp³-hybridized carbons (Fsp3) is 0.571. The third kappa shape index (κ3) is 3.07. The molecule has 102 valence electrons. The molecule has 0 aliphatic carbocycles. The van der Waals surface area contributed by atoms with E-state index >= 15 is 0 Å². The number of hydrogen-bond acceptors (Lipinski definition) is 4. The van der Waals surface area contributed by atoms with Crippen molar-refractivity contribution in [3.63, 3.8) is 0 Å². The van der Waals surface area contributed by atoms with Crippen LogP contribution in [0.25, 0.3) is 0 Å². The van der Waals surface area contributed by atoms with Gasteiger partial charge in [-0.05, 0) is 18.1 Å². The molecule has 0 aliphatic rings. The van der Waals surface area contributed by atoms with Crippen LogP contribution in [0, 0.1) is 5.92 Å². The third-order valence-electron chi connectivity index (χ3n) is 3.23. The van der Waals surface area contributed by atoms with Gasteiger partial charge in [-0.1, -0.05) is 13.8 Å². The Hall–Kier alpha value is -1.42. The molecule has 0 spiro atoms. The highest BCUT2D eigenvalue weighted by molar-refractivity contribution is 5.56. The van der Waals surface area contributed by atoms with Gasteiger partial charge in [0.05, 0.1) is 26.9 Å². The number of methoxy groups -OCH3 is 2. The summed E-state index contributed by atoms with van der Waals surface area (Å²) in [5.74, 6) is 1.77. The van der Waals surface area contributed by atoms with Gasteiger partial charge in [0.1, 0.15) is 0 Å². The van der Waals surface area contributed by atoms with E-state index in [1.54, 1.807) is 14.2 Å². The first kappa shape index (κ1) is 14.6. The molecule has 0 heterocycles. The molecule has 0 saturated carbocycles. The molecule has 0 bridgehead atoms.